The molecule has 2 aromatic rings. The van der Waals surface area contributed by atoms with Crippen molar-refractivity contribution < 1.29 is 9.53 Å². The molecule has 0 aliphatic heterocycles. The molecule has 2 rings (SSSR count). The molecule has 21 heavy (non-hydrogen) atoms. The van der Waals surface area contributed by atoms with Gasteiger partial charge in [0.2, 0.25) is 5.13 Å². The van der Waals surface area contributed by atoms with Gasteiger partial charge in [-0.15, -0.1) is 10.2 Å². The SMILES string of the molecule is COC(=O)CCSc1nnc(Nc2ccc(C)c(Cl)c2)s1. The first kappa shape index (κ1) is 16.1. The molecule has 0 bridgehead atoms. The Hall–Kier alpha value is -1.31. The molecule has 0 saturated heterocycles. The Balaban J connectivity index is 1.90. The van der Waals surface area contributed by atoms with Crippen LogP contribution in [0, 0.1) is 6.92 Å². The van der Waals surface area contributed by atoms with E-state index in [1.54, 1.807) is 0 Å². The Morgan fingerprint density at radius 1 is 1.48 bits per heavy atom. The maximum absolute atomic E-state index is 11.0. The number of nitrogens with one attached hydrogen (secondary N) is 1. The minimum Gasteiger partial charge on any atom is -0.469 e. The molecule has 0 fully saturated rings. The number of aromatic nitrogens is 2. The molecule has 0 radical (unpaired) electrons. The summed E-state index contributed by atoms with van der Waals surface area (Å²) >= 11 is 8.99. The zero-order chi connectivity index (χ0) is 15.2. The summed E-state index contributed by atoms with van der Waals surface area (Å²) < 4.78 is 5.39. The number of carbonyl (C=O) groups is 1. The lowest BCUT2D eigenvalue weighted by Crippen LogP contribution is -2.00. The van der Waals surface area contributed by atoms with Crippen molar-refractivity contribution in [3.63, 3.8) is 0 Å². The van der Waals surface area contributed by atoms with E-state index in [-0.39, 0.29) is 5.97 Å². The number of hydrogen-bond donors (Lipinski definition) is 1. The summed E-state index contributed by atoms with van der Waals surface area (Å²) in [5.41, 5.74) is 1.89. The summed E-state index contributed by atoms with van der Waals surface area (Å²) in [7, 11) is 1.38. The Morgan fingerprint density at radius 3 is 3.00 bits per heavy atom. The van der Waals surface area contributed by atoms with E-state index in [0.29, 0.717) is 22.3 Å². The van der Waals surface area contributed by atoms with Crippen molar-refractivity contribution in [2.75, 3.05) is 18.2 Å². The van der Waals surface area contributed by atoms with Crippen molar-refractivity contribution in [1.29, 1.82) is 0 Å². The van der Waals surface area contributed by atoms with Gasteiger partial charge in [0.1, 0.15) is 0 Å². The summed E-state index contributed by atoms with van der Waals surface area (Å²) in [6.45, 7) is 1.95. The zero-order valence-electron chi connectivity index (χ0n) is 11.6. The fourth-order valence-corrected chi connectivity index (χ4v) is 3.38. The van der Waals surface area contributed by atoms with E-state index in [2.05, 4.69) is 20.3 Å². The van der Waals surface area contributed by atoms with Gasteiger partial charge in [0.15, 0.2) is 4.34 Å². The average molecular weight is 344 g/mol. The first-order valence-electron chi connectivity index (χ1n) is 6.15. The fraction of sp³-hybridized carbons (Fsp3) is 0.308. The third kappa shape index (κ3) is 4.87. The highest BCUT2D eigenvalue weighted by molar-refractivity contribution is 8.01. The molecule has 0 spiro atoms. The number of carbonyl (C=O) groups excluding carboxylic acids is 1. The second-order valence-corrected chi connectivity index (χ2v) is 6.86. The average Bonchev–Trinajstić information content (AvgIpc) is 2.90. The summed E-state index contributed by atoms with van der Waals surface area (Å²) in [6, 6.07) is 5.73. The molecule has 112 valence electrons. The van der Waals surface area contributed by atoms with Gasteiger partial charge >= 0.3 is 5.97 Å². The Kier molecular flexibility index (Phi) is 5.84. The second-order valence-electron chi connectivity index (χ2n) is 4.14. The van der Waals surface area contributed by atoms with Crippen LogP contribution in [-0.2, 0) is 9.53 Å². The van der Waals surface area contributed by atoms with Gasteiger partial charge in [-0.25, -0.2) is 0 Å². The maximum atomic E-state index is 11.0. The maximum Gasteiger partial charge on any atom is 0.306 e. The summed E-state index contributed by atoms with van der Waals surface area (Å²) in [6.07, 6.45) is 0.358. The molecule has 1 N–H and O–H groups in total. The molecule has 1 aromatic heterocycles. The van der Waals surface area contributed by atoms with Crippen LogP contribution in [0.1, 0.15) is 12.0 Å². The number of rotatable bonds is 6. The van der Waals surface area contributed by atoms with Crippen LogP contribution in [0.2, 0.25) is 5.02 Å². The number of ether oxygens (including phenoxy) is 1. The number of aryl methyl sites for hydroxylation is 1. The number of anilines is 2. The highest BCUT2D eigenvalue weighted by atomic mass is 35.5. The lowest BCUT2D eigenvalue weighted by Gasteiger charge is -2.03. The van der Waals surface area contributed by atoms with Crippen molar-refractivity contribution in [1.82, 2.24) is 10.2 Å². The minimum atomic E-state index is -0.223. The van der Waals surface area contributed by atoms with E-state index in [0.717, 1.165) is 15.6 Å². The summed E-state index contributed by atoms with van der Waals surface area (Å²) in [5.74, 6) is 0.400. The van der Waals surface area contributed by atoms with E-state index in [1.807, 2.05) is 25.1 Å². The fourth-order valence-electron chi connectivity index (χ4n) is 1.44. The lowest BCUT2D eigenvalue weighted by atomic mass is 10.2. The molecule has 1 heterocycles. The summed E-state index contributed by atoms with van der Waals surface area (Å²) in [5, 5.41) is 12.7. The van der Waals surface area contributed by atoms with Crippen LogP contribution in [0.4, 0.5) is 10.8 Å². The smallest absolute Gasteiger partial charge is 0.306 e. The van der Waals surface area contributed by atoms with Gasteiger partial charge in [-0.1, -0.05) is 40.8 Å². The monoisotopic (exact) mass is 343 g/mol. The van der Waals surface area contributed by atoms with Gasteiger partial charge in [0, 0.05) is 16.5 Å². The van der Waals surface area contributed by atoms with Crippen LogP contribution < -0.4 is 5.32 Å². The Bertz CT molecular complexity index is 634. The molecule has 0 aliphatic rings. The van der Waals surface area contributed by atoms with Crippen LogP contribution >= 0.6 is 34.7 Å². The van der Waals surface area contributed by atoms with Crippen molar-refractivity contribution in [3.8, 4) is 0 Å². The molecule has 1 aromatic carbocycles. The number of halogens is 1. The van der Waals surface area contributed by atoms with Gasteiger partial charge in [-0.3, -0.25) is 4.79 Å². The van der Waals surface area contributed by atoms with E-state index in [1.165, 1.54) is 30.2 Å². The van der Waals surface area contributed by atoms with Gasteiger partial charge in [-0.2, -0.15) is 0 Å². The van der Waals surface area contributed by atoms with Crippen LogP contribution in [-0.4, -0.2) is 29.0 Å². The normalized spacial score (nSPS) is 10.4. The number of nitrogens with zero attached hydrogens (tertiary/aromatic N) is 2. The van der Waals surface area contributed by atoms with Gasteiger partial charge < -0.3 is 10.1 Å². The quantitative estimate of drug-likeness (QED) is 0.634. The predicted octanol–water partition coefficient (Wildman–Crippen LogP) is 3.90. The van der Waals surface area contributed by atoms with Gasteiger partial charge in [-0.05, 0) is 24.6 Å². The standard InChI is InChI=1S/C13H14ClN3O2S2/c1-8-3-4-9(7-10(8)14)15-12-16-17-13(21-12)20-6-5-11(18)19-2/h3-4,7H,5-6H2,1-2H3,(H,15,16). The van der Waals surface area contributed by atoms with E-state index in [9.17, 15) is 4.79 Å². The van der Waals surface area contributed by atoms with Crippen molar-refractivity contribution in [2.45, 2.75) is 17.7 Å². The van der Waals surface area contributed by atoms with Crippen LogP contribution in [0.15, 0.2) is 22.5 Å². The number of hydrogen-bond acceptors (Lipinski definition) is 7. The molecular formula is C13H14ClN3O2S2. The van der Waals surface area contributed by atoms with Crippen molar-refractivity contribution in [2.24, 2.45) is 0 Å². The van der Waals surface area contributed by atoms with Crippen LogP contribution in [0.25, 0.3) is 0 Å². The van der Waals surface area contributed by atoms with E-state index in [4.69, 9.17) is 11.6 Å². The predicted molar refractivity (Wildman–Crippen MR) is 86.7 cm³/mol. The second kappa shape index (κ2) is 7.63. The Labute approximate surface area is 136 Å². The molecule has 0 aliphatic carbocycles. The number of methoxy groups -OCH3 is 1. The van der Waals surface area contributed by atoms with Gasteiger partial charge in [0.05, 0.1) is 13.5 Å². The number of esters is 1. The molecule has 8 heteroatoms. The highest BCUT2D eigenvalue weighted by Gasteiger charge is 2.07. The van der Waals surface area contributed by atoms with Crippen molar-refractivity contribution >= 4 is 51.5 Å². The Morgan fingerprint density at radius 2 is 2.29 bits per heavy atom. The van der Waals surface area contributed by atoms with Crippen LogP contribution in [0.5, 0.6) is 0 Å². The molecular weight excluding hydrogens is 330 g/mol. The van der Waals surface area contributed by atoms with E-state index >= 15 is 0 Å². The molecule has 5 nitrogen and oxygen atoms in total. The van der Waals surface area contributed by atoms with Crippen LogP contribution in [0.3, 0.4) is 0 Å². The molecule has 0 amide bonds. The zero-order valence-corrected chi connectivity index (χ0v) is 13.9. The lowest BCUT2D eigenvalue weighted by molar-refractivity contribution is -0.140. The third-order valence-corrected chi connectivity index (χ3v) is 4.97. The first-order valence-corrected chi connectivity index (χ1v) is 8.33. The number of benzene rings is 1. The minimum absolute atomic E-state index is 0.223. The molecule has 0 unspecified atom stereocenters. The summed E-state index contributed by atoms with van der Waals surface area (Å²) in [4.78, 5) is 11.0. The van der Waals surface area contributed by atoms with E-state index < -0.39 is 0 Å². The number of thioether (sulfide) groups is 1. The van der Waals surface area contributed by atoms with Crippen molar-refractivity contribution in [3.05, 3.63) is 28.8 Å². The topological polar surface area (TPSA) is 64.1 Å². The van der Waals surface area contributed by atoms with Gasteiger partial charge in [0.25, 0.3) is 0 Å². The molecule has 0 saturated carbocycles. The largest absolute Gasteiger partial charge is 0.469 e. The molecule has 0 atom stereocenters. The first-order chi connectivity index (χ1) is 10.1. The highest BCUT2D eigenvalue weighted by Crippen LogP contribution is 2.29. The third-order valence-electron chi connectivity index (χ3n) is 2.59.